The molecule has 3 aromatic rings. The number of carbonyl (C=O) groups excluding carboxylic acids is 2. The molecule has 0 amide bonds. The van der Waals surface area contributed by atoms with Crippen molar-refractivity contribution in [3.8, 4) is 23.0 Å². The Morgan fingerprint density at radius 2 is 1.24 bits per heavy atom. The molecule has 2 aromatic carbocycles. The molecule has 1 aromatic heterocycles. The first-order valence-corrected chi connectivity index (χ1v) is 11.0. The molecule has 5 rings (SSSR count). The van der Waals surface area contributed by atoms with E-state index < -0.39 is 11.9 Å². The zero-order chi connectivity index (χ0) is 22.6. The average Bonchev–Trinajstić information content (AvgIpc) is 3.77. The topological polar surface area (TPSA) is 109 Å². The summed E-state index contributed by atoms with van der Waals surface area (Å²) in [5.41, 5.74) is 0.0178. The predicted octanol–water partition coefficient (Wildman–Crippen LogP) is 3.14. The van der Waals surface area contributed by atoms with Gasteiger partial charge >= 0.3 is 11.9 Å². The molecule has 10 heteroatoms. The third-order valence-corrected chi connectivity index (χ3v) is 5.43. The number of nitrogens with zero attached hydrogens (tertiary/aromatic N) is 1. The normalized spacial score (nSPS) is 18.3. The molecular weight excluding hydrogens is 450 g/mol. The maximum absolute atomic E-state index is 12.4. The van der Waals surface area contributed by atoms with E-state index in [0.717, 1.165) is 24.7 Å². The molecule has 0 N–H and O–H groups in total. The third kappa shape index (κ3) is 6.07. The molecule has 2 unspecified atom stereocenters. The first-order valence-electron chi connectivity index (χ1n) is 10.2. The van der Waals surface area contributed by atoms with E-state index in [1.165, 1.54) is 6.07 Å². The van der Waals surface area contributed by atoms with Gasteiger partial charge in [0.15, 0.2) is 5.69 Å². The fourth-order valence-corrected chi connectivity index (χ4v) is 3.30. The highest BCUT2D eigenvalue weighted by atomic mass is 32.1. The predicted molar refractivity (Wildman–Crippen MR) is 115 cm³/mol. The molecule has 170 valence electrons. The van der Waals surface area contributed by atoms with Crippen LogP contribution < -0.4 is 18.9 Å². The lowest BCUT2D eigenvalue weighted by Gasteiger charge is -2.06. The molecule has 2 aliphatic heterocycles. The number of aromatic nitrogens is 1. The maximum atomic E-state index is 12.4. The average molecular weight is 469 g/mol. The van der Waals surface area contributed by atoms with Gasteiger partial charge in [-0.2, -0.15) is 4.37 Å². The molecular formula is C23H19NO8S. The second kappa shape index (κ2) is 9.57. The molecule has 2 aliphatic rings. The number of rotatable bonds is 10. The summed E-state index contributed by atoms with van der Waals surface area (Å²) in [7, 11) is 0. The molecule has 2 fully saturated rings. The summed E-state index contributed by atoms with van der Waals surface area (Å²) < 4.78 is 35.9. The maximum Gasteiger partial charge on any atom is 0.363 e. The van der Waals surface area contributed by atoms with Crippen molar-refractivity contribution in [2.45, 2.75) is 12.2 Å². The Hall–Kier alpha value is -3.47. The lowest BCUT2D eigenvalue weighted by molar-refractivity contribution is 0.0729. The van der Waals surface area contributed by atoms with Crippen molar-refractivity contribution < 1.29 is 38.0 Å². The van der Waals surface area contributed by atoms with Gasteiger partial charge in [0, 0.05) is 0 Å². The SMILES string of the molecule is O=C(Oc1ccc(OCC2CO2)cc1)c1cc(C(=O)Oc2ccc(OCC3CO3)cc2)sn1. The zero-order valence-corrected chi connectivity index (χ0v) is 18.1. The highest BCUT2D eigenvalue weighted by Gasteiger charge is 2.24. The van der Waals surface area contributed by atoms with Crippen LogP contribution in [0.1, 0.15) is 20.2 Å². The van der Waals surface area contributed by atoms with E-state index in [0.29, 0.717) is 36.2 Å². The largest absolute Gasteiger partial charge is 0.491 e. The summed E-state index contributed by atoms with van der Waals surface area (Å²) in [6.07, 6.45) is 0.324. The second-order valence-electron chi connectivity index (χ2n) is 7.33. The summed E-state index contributed by atoms with van der Waals surface area (Å²) in [4.78, 5) is 24.9. The number of epoxide rings is 2. The third-order valence-electron chi connectivity index (χ3n) is 4.67. The molecule has 2 saturated heterocycles. The van der Waals surface area contributed by atoms with E-state index in [-0.39, 0.29) is 22.8 Å². The van der Waals surface area contributed by atoms with Crippen LogP contribution >= 0.6 is 11.5 Å². The highest BCUT2D eigenvalue weighted by Crippen LogP contribution is 2.23. The fourth-order valence-electron chi connectivity index (χ4n) is 2.70. The molecule has 0 spiro atoms. The van der Waals surface area contributed by atoms with Gasteiger partial charge in [-0.3, -0.25) is 0 Å². The van der Waals surface area contributed by atoms with Gasteiger partial charge in [0.2, 0.25) is 0 Å². The summed E-state index contributed by atoms with van der Waals surface area (Å²) in [5, 5.41) is 0. The minimum absolute atomic E-state index is 0.0178. The fraction of sp³-hybridized carbons (Fsp3) is 0.261. The molecule has 0 saturated carbocycles. The quantitative estimate of drug-likeness (QED) is 0.251. The lowest BCUT2D eigenvalue weighted by atomic mass is 10.3. The molecule has 33 heavy (non-hydrogen) atoms. The summed E-state index contributed by atoms with van der Waals surface area (Å²) >= 11 is 0.859. The van der Waals surface area contributed by atoms with Gasteiger partial charge in [0.1, 0.15) is 53.3 Å². The van der Waals surface area contributed by atoms with Crippen LogP contribution in [0.5, 0.6) is 23.0 Å². The van der Waals surface area contributed by atoms with Crippen molar-refractivity contribution in [1.29, 1.82) is 0 Å². The Balaban J connectivity index is 1.12. The van der Waals surface area contributed by atoms with Gasteiger partial charge in [-0.25, -0.2) is 9.59 Å². The Labute approximate surface area is 192 Å². The van der Waals surface area contributed by atoms with E-state index in [2.05, 4.69) is 4.37 Å². The Morgan fingerprint density at radius 1 is 0.788 bits per heavy atom. The highest BCUT2D eigenvalue weighted by molar-refractivity contribution is 7.08. The smallest absolute Gasteiger partial charge is 0.363 e. The summed E-state index contributed by atoms with van der Waals surface area (Å²) in [6.45, 7) is 2.42. The lowest BCUT2D eigenvalue weighted by Crippen LogP contribution is -2.10. The Bertz CT molecular complexity index is 1030. The number of benzene rings is 2. The number of carbonyl (C=O) groups is 2. The minimum atomic E-state index is -0.675. The number of hydrogen-bond donors (Lipinski definition) is 0. The molecule has 0 aliphatic carbocycles. The van der Waals surface area contributed by atoms with E-state index in [1.54, 1.807) is 48.5 Å². The van der Waals surface area contributed by atoms with Gasteiger partial charge in [0.25, 0.3) is 0 Å². The standard InChI is InChI=1S/C23H19NO8S/c25-22(31-16-5-1-14(2-6-16)27-10-18-12-29-18)20-9-21(33-24-20)23(26)32-17-7-3-15(4-8-17)28-11-19-13-30-19/h1-9,18-19H,10-13H2. The molecule has 2 atom stereocenters. The molecule has 9 nitrogen and oxygen atoms in total. The molecule has 0 bridgehead atoms. The van der Waals surface area contributed by atoms with Crippen LogP contribution in [0.15, 0.2) is 54.6 Å². The minimum Gasteiger partial charge on any atom is -0.491 e. The Morgan fingerprint density at radius 3 is 1.73 bits per heavy atom. The first-order chi connectivity index (χ1) is 16.1. The van der Waals surface area contributed by atoms with Crippen LogP contribution in [-0.2, 0) is 9.47 Å². The van der Waals surface area contributed by atoms with E-state index in [4.69, 9.17) is 28.4 Å². The van der Waals surface area contributed by atoms with Crippen LogP contribution in [0.3, 0.4) is 0 Å². The van der Waals surface area contributed by atoms with Crippen molar-refractivity contribution in [2.75, 3.05) is 26.4 Å². The van der Waals surface area contributed by atoms with Crippen molar-refractivity contribution in [1.82, 2.24) is 4.37 Å². The van der Waals surface area contributed by atoms with Crippen LogP contribution in [0, 0.1) is 0 Å². The Kier molecular flexibility index (Phi) is 6.20. The van der Waals surface area contributed by atoms with Crippen LogP contribution in [0.4, 0.5) is 0 Å². The van der Waals surface area contributed by atoms with Crippen molar-refractivity contribution >= 4 is 23.5 Å². The molecule has 0 radical (unpaired) electrons. The van der Waals surface area contributed by atoms with Crippen LogP contribution in [0.25, 0.3) is 0 Å². The summed E-state index contributed by atoms with van der Waals surface area (Å²) in [6, 6.07) is 14.6. The van der Waals surface area contributed by atoms with Crippen molar-refractivity contribution in [3.63, 3.8) is 0 Å². The van der Waals surface area contributed by atoms with Gasteiger partial charge in [-0.05, 0) is 66.1 Å². The van der Waals surface area contributed by atoms with Gasteiger partial charge in [-0.1, -0.05) is 0 Å². The van der Waals surface area contributed by atoms with Crippen molar-refractivity contribution in [2.24, 2.45) is 0 Å². The van der Waals surface area contributed by atoms with Gasteiger partial charge in [0.05, 0.1) is 13.2 Å². The first kappa shape index (κ1) is 21.4. The van der Waals surface area contributed by atoms with Crippen LogP contribution in [0.2, 0.25) is 0 Å². The monoisotopic (exact) mass is 469 g/mol. The van der Waals surface area contributed by atoms with E-state index in [9.17, 15) is 9.59 Å². The van der Waals surface area contributed by atoms with Crippen molar-refractivity contribution in [3.05, 3.63) is 65.2 Å². The summed E-state index contributed by atoms with van der Waals surface area (Å²) in [5.74, 6) is 0.704. The van der Waals surface area contributed by atoms with Gasteiger partial charge in [-0.15, -0.1) is 0 Å². The van der Waals surface area contributed by atoms with Gasteiger partial charge < -0.3 is 28.4 Å². The number of hydrogen-bond acceptors (Lipinski definition) is 10. The van der Waals surface area contributed by atoms with Crippen LogP contribution in [-0.4, -0.2) is 54.9 Å². The second-order valence-corrected chi connectivity index (χ2v) is 8.14. The number of esters is 2. The van der Waals surface area contributed by atoms with E-state index in [1.807, 2.05) is 0 Å². The molecule has 3 heterocycles. The van der Waals surface area contributed by atoms with E-state index >= 15 is 0 Å². The number of ether oxygens (including phenoxy) is 6. The zero-order valence-electron chi connectivity index (χ0n) is 17.3.